The van der Waals surface area contributed by atoms with Crippen LogP contribution in [0.1, 0.15) is 17.9 Å². The number of halogens is 1. The van der Waals surface area contributed by atoms with Gasteiger partial charge in [0.15, 0.2) is 0 Å². The summed E-state index contributed by atoms with van der Waals surface area (Å²) < 4.78 is 6.57. The molecule has 3 rings (SSSR count). The summed E-state index contributed by atoms with van der Waals surface area (Å²) >= 11 is 3.62. The zero-order chi connectivity index (χ0) is 9.71. The Morgan fingerprint density at radius 3 is 3.14 bits per heavy atom. The van der Waals surface area contributed by atoms with Crippen LogP contribution in [0.3, 0.4) is 0 Å². The molecule has 1 saturated carbocycles. The van der Waals surface area contributed by atoms with Gasteiger partial charge in [0.25, 0.3) is 0 Å². The number of anilines is 1. The van der Waals surface area contributed by atoms with E-state index in [1.165, 1.54) is 22.1 Å². The molecular weight excluding hydrogens is 242 g/mol. The zero-order valence-corrected chi connectivity index (χ0v) is 9.60. The van der Waals surface area contributed by atoms with Crippen LogP contribution in [0.15, 0.2) is 16.6 Å². The second-order valence-electron chi connectivity index (χ2n) is 4.02. The van der Waals surface area contributed by atoms with E-state index in [4.69, 9.17) is 4.74 Å². The first-order valence-corrected chi connectivity index (χ1v) is 5.71. The molecule has 0 radical (unpaired) electrons. The summed E-state index contributed by atoms with van der Waals surface area (Å²) in [5.74, 6) is 2.58. The fraction of sp³-hybridized carbons (Fsp3) is 0.455. The maximum Gasteiger partial charge on any atom is 0.142 e. The van der Waals surface area contributed by atoms with Crippen molar-refractivity contribution in [3.63, 3.8) is 0 Å². The van der Waals surface area contributed by atoms with Crippen LogP contribution in [0.25, 0.3) is 0 Å². The molecule has 1 aliphatic heterocycles. The Kier molecular flexibility index (Phi) is 1.78. The number of benzene rings is 1. The van der Waals surface area contributed by atoms with Gasteiger partial charge < -0.3 is 10.1 Å². The summed E-state index contributed by atoms with van der Waals surface area (Å²) in [5, 5.41) is 3.46. The average molecular weight is 254 g/mol. The summed E-state index contributed by atoms with van der Waals surface area (Å²) in [4.78, 5) is 0. The van der Waals surface area contributed by atoms with E-state index in [2.05, 4.69) is 27.3 Å². The lowest BCUT2D eigenvalue weighted by Crippen LogP contribution is -2.13. The van der Waals surface area contributed by atoms with Gasteiger partial charge in [-0.2, -0.15) is 0 Å². The Hall–Kier alpha value is -0.700. The van der Waals surface area contributed by atoms with Crippen LogP contribution in [0.4, 0.5) is 5.69 Å². The number of rotatable bonds is 1. The Morgan fingerprint density at radius 2 is 2.36 bits per heavy atom. The van der Waals surface area contributed by atoms with Gasteiger partial charge in [-0.05, 0) is 36.0 Å². The molecule has 1 fully saturated rings. The predicted molar refractivity (Wildman–Crippen MR) is 60.0 cm³/mol. The van der Waals surface area contributed by atoms with Crippen molar-refractivity contribution in [2.75, 3.05) is 19.0 Å². The van der Waals surface area contributed by atoms with Crippen molar-refractivity contribution in [2.45, 2.75) is 12.3 Å². The number of methoxy groups -OCH3 is 1. The van der Waals surface area contributed by atoms with Crippen LogP contribution in [0, 0.1) is 5.92 Å². The lowest BCUT2D eigenvalue weighted by molar-refractivity contribution is 0.415. The topological polar surface area (TPSA) is 21.3 Å². The quantitative estimate of drug-likeness (QED) is 0.831. The molecule has 1 heterocycles. The second-order valence-corrected chi connectivity index (χ2v) is 4.88. The standard InChI is InChI=1S/C11H12BrNO/c1-14-9-3-2-8(12)10-7-4-6(7)5-13-11(9)10/h2-3,6-7,13H,4-5H2,1H3. The Bertz CT molecular complexity index is 391. The molecule has 2 aliphatic rings. The minimum absolute atomic E-state index is 0.760. The van der Waals surface area contributed by atoms with Crippen molar-refractivity contribution in [2.24, 2.45) is 5.92 Å². The summed E-state index contributed by atoms with van der Waals surface area (Å²) in [7, 11) is 1.73. The van der Waals surface area contributed by atoms with Gasteiger partial charge in [-0.3, -0.25) is 0 Å². The lowest BCUT2D eigenvalue weighted by atomic mass is 10.0. The highest BCUT2D eigenvalue weighted by molar-refractivity contribution is 9.10. The average Bonchev–Trinajstić information content (AvgIpc) is 2.96. The van der Waals surface area contributed by atoms with Gasteiger partial charge in [0, 0.05) is 11.0 Å². The molecule has 0 bridgehead atoms. The number of nitrogens with one attached hydrogen (secondary N) is 1. The number of fused-ring (bicyclic) bond motifs is 3. The minimum atomic E-state index is 0.760. The Balaban J connectivity index is 2.18. The van der Waals surface area contributed by atoms with Gasteiger partial charge in [-0.1, -0.05) is 15.9 Å². The summed E-state index contributed by atoms with van der Waals surface area (Å²) in [6.07, 6.45) is 1.33. The molecule has 0 amide bonds. The van der Waals surface area contributed by atoms with Crippen LogP contribution in [0.5, 0.6) is 5.75 Å². The molecule has 1 aromatic carbocycles. The van der Waals surface area contributed by atoms with Gasteiger partial charge in [-0.25, -0.2) is 0 Å². The number of ether oxygens (including phenoxy) is 1. The van der Waals surface area contributed by atoms with Crippen LogP contribution >= 0.6 is 15.9 Å². The highest BCUT2D eigenvalue weighted by atomic mass is 79.9. The van der Waals surface area contributed by atoms with Gasteiger partial charge in [0.1, 0.15) is 5.75 Å². The molecule has 2 unspecified atom stereocenters. The predicted octanol–water partition coefficient (Wildman–Crippen LogP) is 2.99. The van der Waals surface area contributed by atoms with E-state index in [9.17, 15) is 0 Å². The minimum Gasteiger partial charge on any atom is -0.495 e. The van der Waals surface area contributed by atoms with Gasteiger partial charge in [-0.15, -0.1) is 0 Å². The van der Waals surface area contributed by atoms with Crippen molar-refractivity contribution in [1.82, 2.24) is 0 Å². The Labute approximate surface area is 91.8 Å². The molecule has 0 spiro atoms. The molecule has 1 N–H and O–H groups in total. The van der Waals surface area contributed by atoms with Gasteiger partial charge in [0.05, 0.1) is 12.8 Å². The molecule has 1 aliphatic carbocycles. The van der Waals surface area contributed by atoms with E-state index in [0.717, 1.165) is 24.1 Å². The third-order valence-electron chi connectivity index (χ3n) is 3.21. The largest absolute Gasteiger partial charge is 0.495 e. The lowest BCUT2D eigenvalue weighted by Gasteiger charge is -2.21. The molecular formula is C11H12BrNO. The molecule has 14 heavy (non-hydrogen) atoms. The molecule has 74 valence electrons. The molecule has 3 heteroatoms. The molecule has 0 aromatic heterocycles. The normalized spacial score (nSPS) is 27.3. The van der Waals surface area contributed by atoms with Crippen LogP contribution in [-0.4, -0.2) is 13.7 Å². The van der Waals surface area contributed by atoms with Crippen molar-refractivity contribution in [3.8, 4) is 5.75 Å². The highest BCUT2D eigenvalue weighted by Crippen LogP contribution is 2.56. The first-order chi connectivity index (χ1) is 6.81. The molecule has 2 nitrogen and oxygen atoms in total. The summed E-state index contributed by atoms with van der Waals surface area (Å²) in [5.41, 5.74) is 2.61. The smallest absolute Gasteiger partial charge is 0.142 e. The summed E-state index contributed by atoms with van der Waals surface area (Å²) in [6, 6.07) is 4.10. The van der Waals surface area contributed by atoms with E-state index in [1.54, 1.807) is 7.11 Å². The highest BCUT2D eigenvalue weighted by Gasteiger charge is 2.44. The van der Waals surface area contributed by atoms with E-state index in [1.807, 2.05) is 6.07 Å². The monoisotopic (exact) mass is 253 g/mol. The number of hydrogen-bond acceptors (Lipinski definition) is 2. The maximum atomic E-state index is 5.35. The van der Waals surface area contributed by atoms with Crippen LogP contribution in [-0.2, 0) is 0 Å². The van der Waals surface area contributed by atoms with Crippen LogP contribution < -0.4 is 10.1 Å². The summed E-state index contributed by atoms with van der Waals surface area (Å²) in [6.45, 7) is 1.10. The van der Waals surface area contributed by atoms with E-state index >= 15 is 0 Å². The van der Waals surface area contributed by atoms with E-state index in [-0.39, 0.29) is 0 Å². The zero-order valence-electron chi connectivity index (χ0n) is 8.01. The first kappa shape index (κ1) is 8.60. The van der Waals surface area contributed by atoms with Gasteiger partial charge >= 0.3 is 0 Å². The van der Waals surface area contributed by atoms with Crippen molar-refractivity contribution < 1.29 is 4.74 Å². The number of hydrogen-bond donors (Lipinski definition) is 1. The second kappa shape index (κ2) is 2.89. The van der Waals surface area contributed by atoms with Gasteiger partial charge in [0.2, 0.25) is 0 Å². The Morgan fingerprint density at radius 1 is 1.50 bits per heavy atom. The van der Waals surface area contributed by atoms with E-state index in [0.29, 0.717) is 0 Å². The third kappa shape index (κ3) is 1.08. The fourth-order valence-corrected chi connectivity index (χ4v) is 2.97. The van der Waals surface area contributed by atoms with Crippen molar-refractivity contribution in [3.05, 3.63) is 22.2 Å². The maximum absolute atomic E-state index is 5.35. The molecule has 0 saturated heterocycles. The third-order valence-corrected chi connectivity index (χ3v) is 3.90. The molecule has 1 aromatic rings. The van der Waals surface area contributed by atoms with E-state index < -0.39 is 0 Å². The van der Waals surface area contributed by atoms with Crippen molar-refractivity contribution in [1.29, 1.82) is 0 Å². The molecule has 2 atom stereocenters. The van der Waals surface area contributed by atoms with Crippen molar-refractivity contribution >= 4 is 21.6 Å². The van der Waals surface area contributed by atoms with Crippen LogP contribution in [0.2, 0.25) is 0 Å². The fourth-order valence-electron chi connectivity index (χ4n) is 2.35. The SMILES string of the molecule is COc1ccc(Br)c2c1NCC1CC21. The first-order valence-electron chi connectivity index (χ1n) is 4.91.